The summed E-state index contributed by atoms with van der Waals surface area (Å²) in [7, 11) is 0. The minimum atomic E-state index is -2.44. The van der Waals surface area contributed by atoms with Crippen molar-refractivity contribution in [1.29, 1.82) is 0 Å². The van der Waals surface area contributed by atoms with Crippen LogP contribution in [-0.2, 0) is 0 Å². The van der Waals surface area contributed by atoms with E-state index in [4.69, 9.17) is 0 Å². The number of benzene rings is 1. The van der Waals surface area contributed by atoms with Crippen LogP contribution in [0.25, 0.3) is 0 Å². The average Bonchev–Trinajstić information content (AvgIpc) is 2.35. The molecule has 1 N–H and O–H groups in total. The number of halogens is 2. The van der Waals surface area contributed by atoms with E-state index in [2.05, 4.69) is 13.8 Å². The molecule has 0 spiro atoms. The molecule has 17 heavy (non-hydrogen) atoms. The van der Waals surface area contributed by atoms with E-state index in [-0.39, 0.29) is 5.56 Å². The third-order valence-corrected chi connectivity index (χ3v) is 3.28. The number of hydrogen-bond donors (Lipinski definition) is 1. The number of alkyl halides is 2. The highest BCUT2D eigenvalue weighted by atomic mass is 19.3. The number of aliphatic hydroxyl groups excluding tert-OH is 1. The van der Waals surface area contributed by atoms with E-state index >= 15 is 0 Å². The molecule has 1 aromatic carbocycles. The molecule has 1 nitrogen and oxygen atoms in total. The molecule has 0 saturated heterocycles. The quantitative estimate of drug-likeness (QED) is 0.779. The summed E-state index contributed by atoms with van der Waals surface area (Å²) >= 11 is 0. The van der Waals surface area contributed by atoms with E-state index in [9.17, 15) is 13.9 Å². The Bertz CT molecular complexity index is 317. The Morgan fingerprint density at radius 1 is 1.00 bits per heavy atom. The Labute approximate surface area is 101 Å². The van der Waals surface area contributed by atoms with Gasteiger partial charge in [0.1, 0.15) is 0 Å². The molecule has 0 aliphatic carbocycles. The average molecular weight is 242 g/mol. The normalized spacial score (nSPS) is 13.4. The topological polar surface area (TPSA) is 20.2 Å². The Hall–Kier alpha value is -0.960. The van der Waals surface area contributed by atoms with Crippen LogP contribution in [0.5, 0.6) is 0 Å². The van der Waals surface area contributed by atoms with Crippen LogP contribution in [0.2, 0.25) is 0 Å². The molecule has 1 rings (SSSR count). The zero-order valence-electron chi connectivity index (χ0n) is 10.4. The first-order chi connectivity index (χ1) is 8.08. The van der Waals surface area contributed by atoms with Crippen molar-refractivity contribution in [2.45, 2.75) is 45.6 Å². The second-order valence-corrected chi connectivity index (χ2v) is 4.40. The molecule has 0 radical (unpaired) electrons. The number of rotatable bonds is 6. The third-order valence-electron chi connectivity index (χ3n) is 3.28. The summed E-state index contributed by atoms with van der Waals surface area (Å²) in [6.45, 7) is 4.20. The highest BCUT2D eigenvalue weighted by molar-refractivity contribution is 5.24. The first-order valence-electron chi connectivity index (χ1n) is 6.14. The smallest absolute Gasteiger partial charge is 0.263 e. The van der Waals surface area contributed by atoms with Gasteiger partial charge in [0.25, 0.3) is 6.43 Å². The Morgan fingerprint density at radius 2 is 1.47 bits per heavy atom. The van der Waals surface area contributed by atoms with Crippen molar-refractivity contribution in [3.63, 3.8) is 0 Å². The summed E-state index contributed by atoms with van der Waals surface area (Å²) < 4.78 is 24.7. The fraction of sp³-hybridized carbons (Fsp3) is 0.571. The van der Waals surface area contributed by atoms with Gasteiger partial charge in [-0.15, -0.1) is 0 Å². The molecule has 0 aliphatic rings. The molecule has 0 amide bonds. The van der Waals surface area contributed by atoms with Crippen LogP contribution in [0, 0.1) is 5.92 Å². The summed E-state index contributed by atoms with van der Waals surface area (Å²) in [6.07, 6.45) is -0.237. The molecule has 0 aromatic heterocycles. The summed E-state index contributed by atoms with van der Waals surface area (Å²) in [6, 6.07) is 5.95. The molecule has 0 fully saturated rings. The number of aliphatic hydroxyl groups is 1. The van der Waals surface area contributed by atoms with Crippen LogP contribution >= 0.6 is 0 Å². The maximum atomic E-state index is 12.4. The first-order valence-corrected chi connectivity index (χ1v) is 6.14. The molecule has 0 bridgehead atoms. The van der Waals surface area contributed by atoms with Gasteiger partial charge < -0.3 is 5.11 Å². The van der Waals surface area contributed by atoms with Crippen molar-refractivity contribution in [2.24, 2.45) is 5.92 Å². The highest BCUT2D eigenvalue weighted by Gasteiger charge is 2.14. The van der Waals surface area contributed by atoms with Crippen LogP contribution in [0.1, 0.15) is 56.8 Å². The van der Waals surface area contributed by atoms with Gasteiger partial charge in [-0.2, -0.15) is 0 Å². The zero-order chi connectivity index (χ0) is 12.8. The van der Waals surface area contributed by atoms with Crippen LogP contribution in [0.4, 0.5) is 8.78 Å². The molecule has 0 heterocycles. The van der Waals surface area contributed by atoms with Gasteiger partial charge in [0.2, 0.25) is 0 Å². The maximum Gasteiger partial charge on any atom is 0.263 e. The molecule has 1 aromatic rings. The molecular formula is C14H20F2O. The second-order valence-electron chi connectivity index (χ2n) is 4.40. The van der Waals surface area contributed by atoms with Crippen LogP contribution < -0.4 is 0 Å². The summed E-state index contributed by atoms with van der Waals surface area (Å²) in [5.41, 5.74) is 0.727. The van der Waals surface area contributed by atoms with Gasteiger partial charge in [0, 0.05) is 5.56 Å². The Balaban J connectivity index is 2.66. The van der Waals surface area contributed by atoms with E-state index in [0.717, 1.165) is 18.4 Å². The summed E-state index contributed by atoms with van der Waals surface area (Å²) in [4.78, 5) is 0. The molecule has 0 saturated carbocycles. The fourth-order valence-electron chi connectivity index (χ4n) is 1.94. The van der Waals surface area contributed by atoms with E-state index in [0.29, 0.717) is 12.3 Å². The van der Waals surface area contributed by atoms with E-state index in [1.54, 1.807) is 12.1 Å². The first kappa shape index (κ1) is 14.1. The SMILES string of the molecule is CCC(CC)CC(O)c1ccc(C(F)F)cc1. The lowest BCUT2D eigenvalue weighted by atomic mass is 9.92. The van der Waals surface area contributed by atoms with Crippen molar-refractivity contribution >= 4 is 0 Å². The molecule has 1 atom stereocenters. The monoisotopic (exact) mass is 242 g/mol. The van der Waals surface area contributed by atoms with E-state index in [1.807, 2.05) is 0 Å². The predicted molar refractivity (Wildman–Crippen MR) is 65.0 cm³/mol. The minimum absolute atomic E-state index is 0.00323. The summed E-state index contributed by atoms with van der Waals surface area (Å²) in [5, 5.41) is 10.00. The van der Waals surface area contributed by atoms with Crippen molar-refractivity contribution < 1.29 is 13.9 Å². The minimum Gasteiger partial charge on any atom is -0.388 e. The van der Waals surface area contributed by atoms with Crippen LogP contribution in [0.15, 0.2) is 24.3 Å². The molecule has 96 valence electrons. The van der Waals surface area contributed by atoms with Gasteiger partial charge in [-0.3, -0.25) is 0 Å². The standard InChI is InChI=1S/C14H20F2O/c1-3-10(4-2)9-13(17)11-5-7-12(8-6-11)14(15)16/h5-8,10,13-14,17H,3-4,9H2,1-2H3. The molecule has 1 unspecified atom stereocenters. The maximum absolute atomic E-state index is 12.4. The van der Waals surface area contributed by atoms with Crippen LogP contribution in [0.3, 0.4) is 0 Å². The van der Waals surface area contributed by atoms with E-state index < -0.39 is 12.5 Å². The fourth-order valence-corrected chi connectivity index (χ4v) is 1.94. The van der Waals surface area contributed by atoms with Gasteiger partial charge in [-0.05, 0) is 17.9 Å². The van der Waals surface area contributed by atoms with Crippen LogP contribution in [-0.4, -0.2) is 5.11 Å². The highest BCUT2D eigenvalue weighted by Crippen LogP contribution is 2.26. The Kier molecular flexibility index (Phi) is 5.56. The van der Waals surface area contributed by atoms with Gasteiger partial charge in [0.15, 0.2) is 0 Å². The lowest BCUT2D eigenvalue weighted by Crippen LogP contribution is -2.06. The Morgan fingerprint density at radius 3 is 1.88 bits per heavy atom. The van der Waals surface area contributed by atoms with Gasteiger partial charge in [-0.1, -0.05) is 51.0 Å². The van der Waals surface area contributed by atoms with Crippen molar-refractivity contribution in [1.82, 2.24) is 0 Å². The van der Waals surface area contributed by atoms with Gasteiger partial charge >= 0.3 is 0 Å². The molecule has 3 heteroatoms. The lowest BCUT2D eigenvalue weighted by Gasteiger charge is -2.17. The number of hydrogen-bond acceptors (Lipinski definition) is 1. The van der Waals surface area contributed by atoms with E-state index in [1.165, 1.54) is 12.1 Å². The van der Waals surface area contributed by atoms with Crippen molar-refractivity contribution in [2.75, 3.05) is 0 Å². The predicted octanol–water partition coefficient (Wildman–Crippen LogP) is 4.48. The third kappa shape index (κ3) is 4.08. The zero-order valence-corrected chi connectivity index (χ0v) is 10.4. The molecular weight excluding hydrogens is 222 g/mol. The van der Waals surface area contributed by atoms with Gasteiger partial charge in [-0.25, -0.2) is 8.78 Å². The largest absolute Gasteiger partial charge is 0.388 e. The van der Waals surface area contributed by atoms with Crippen molar-refractivity contribution in [3.05, 3.63) is 35.4 Å². The van der Waals surface area contributed by atoms with Crippen molar-refractivity contribution in [3.8, 4) is 0 Å². The second kappa shape index (κ2) is 6.70. The van der Waals surface area contributed by atoms with Gasteiger partial charge in [0.05, 0.1) is 6.10 Å². The summed E-state index contributed by atoms with van der Waals surface area (Å²) in [5.74, 6) is 0.486. The lowest BCUT2D eigenvalue weighted by molar-refractivity contribution is 0.140. The molecule has 0 aliphatic heterocycles.